The van der Waals surface area contributed by atoms with Gasteiger partial charge in [-0.15, -0.1) is 0 Å². The van der Waals surface area contributed by atoms with E-state index in [1.165, 1.54) is 0 Å². The molecule has 4 nitrogen and oxygen atoms in total. The highest BCUT2D eigenvalue weighted by molar-refractivity contribution is 7.91. The second-order valence-corrected chi connectivity index (χ2v) is 6.96. The predicted octanol–water partition coefficient (Wildman–Crippen LogP) is 2.54. The lowest BCUT2D eigenvalue weighted by molar-refractivity contribution is 0.317. The summed E-state index contributed by atoms with van der Waals surface area (Å²) in [7, 11) is -3.00. The molecule has 1 aromatic carbocycles. The van der Waals surface area contributed by atoms with E-state index in [1.807, 2.05) is 13.0 Å². The fraction of sp³-hybridized carbons (Fsp3) is 0.500. The molecular weight excluding hydrogens is 262 g/mol. The van der Waals surface area contributed by atoms with Crippen molar-refractivity contribution in [3.63, 3.8) is 0 Å². The zero-order valence-corrected chi connectivity index (χ0v) is 12.1. The molecule has 19 heavy (non-hydrogen) atoms. The van der Waals surface area contributed by atoms with Crippen LogP contribution in [0.5, 0.6) is 5.75 Å². The molecule has 0 heterocycles. The molecule has 0 bridgehead atoms. The number of ether oxygens (including phenoxy) is 1. The first-order valence-corrected chi connectivity index (χ1v) is 8.05. The lowest BCUT2D eigenvalue weighted by Crippen LogP contribution is -2.21. The van der Waals surface area contributed by atoms with Gasteiger partial charge in [0.05, 0.1) is 29.2 Å². The van der Waals surface area contributed by atoms with Crippen molar-refractivity contribution in [1.29, 1.82) is 5.26 Å². The Kier molecular flexibility index (Phi) is 5.84. The van der Waals surface area contributed by atoms with Crippen LogP contribution in [0.3, 0.4) is 0 Å². The van der Waals surface area contributed by atoms with Crippen molar-refractivity contribution >= 4 is 9.84 Å². The number of benzene rings is 1. The maximum atomic E-state index is 11.8. The van der Waals surface area contributed by atoms with Crippen LogP contribution in [0, 0.1) is 11.3 Å². The van der Waals surface area contributed by atoms with Gasteiger partial charge in [0.2, 0.25) is 0 Å². The molecule has 0 saturated carbocycles. The van der Waals surface area contributed by atoms with E-state index in [1.54, 1.807) is 31.2 Å². The summed E-state index contributed by atoms with van der Waals surface area (Å²) in [6.07, 6.45) is 1.12. The van der Waals surface area contributed by atoms with Gasteiger partial charge in [-0.3, -0.25) is 0 Å². The third kappa shape index (κ3) is 4.92. The summed E-state index contributed by atoms with van der Waals surface area (Å²) in [5, 5.41) is 8.36. The van der Waals surface area contributed by atoms with Gasteiger partial charge >= 0.3 is 0 Å². The van der Waals surface area contributed by atoms with E-state index in [2.05, 4.69) is 0 Å². The van der Waals surface area contributed by atoms with Crippen LogP contribution < -0.4 is 4.74 Å². The zero-order valence-electron chi connectivity index (χ0n) is 11.3. The van der Waals surface area contributed by atoms with E-state index in [0.717, 1.165) is 0 Å². The van der Waals surface area contributed by atoms with Gasteiger partial charge in [0, 0.05) is 0 Å². The van der Waals surface area contributed by atoms with Crippen LogP contribution >= 0.6 is 0 Å². The molecule has 1 rings (SSSR count). The van der Waals surface area contributed by atoms with Crippen molar-refractivity contribution in [2.45, 2.75) is 31.9 Å². The number of rotatable bonds is 7. The average Bonchev–Trinajstić information content (AvgIpc) is 2.43. The van der Waals surface area contributed by atoms with Gasteiger partial charge < -0.3 is 4.74 Å². The normalized spacial score (nSPS) is 12.7. The third-order valence-electron chi connectivity index (χ3n) is 3.01. The minimum atomic E-state index is -3.00. The Balaban J connectivity index is 2.37. The summed E-state index contributed by atoms with van der Waals surface area (Å²) < 4.78 is 29.0. The fourth-order valence-corrected chi connectivity index (χ4v) is 2.96. The van der Waals surface area contributed by atoms with Crippen LogP contribution in [0.1, 0.15) is 32.3 Å². The standard InChI is InChI=1S/C14H19NO3S/c1-3-12(2)19(16,17)10-4-9-18-14-7-5-13(11-15)6-8-14/h5-8,12H,3-4,9-10H2,1-2H3. The summed E-state index contributed by atoms with van der Waals surface area (Å²) in [6.45, 7) is 3.97. The SMILES string of the molecule is CCC(C)S(=O)(=O)CCCOc1ccc(C#N)cc1. The van der Waals surface area contributed by atoms with Crippen molar-refractivity contribution in [2.24, 2.45) is 0 Å². The van der Waals surface area contributed by atoms with Crippen LogP contribution in [-0.4, -0.2) is 26.0 Å². The highest BCUT2D eigenvalue weighted by atomic mass is 32.2. The average molecular weight is 281 g/mol. The molecule has 0 amide bonds. The highest BCUT2D eigenvalue weighted by Gasteiger charge is 2.18. The van der Waals surface area contributed by atoms with Crippen molar-refractivity contribution in [3.05, 3.63) is 29.8 Å². The highest BCUT2D eigenvalue weighted by Crippen LogP contribution is 2.12. The first kappa shape index (κ1) is 15.5. The first-order valence-electron chi connectivity index (χ1n) is 6.34. The van der Waals surface area contributed by atoms with E-state index in [4.69, 9.17) is 10.00 Å². The minimum Gasteiger partial charge on any atom is -0.494 e. The molecule has 1 aromatic rings. The molecule has 0 aliphatic rings. The van der Waals surface area contributed by atoms with Crippen LogP contribution in [0.4, 0.5) is 0 Å². The Morgan fingerprint density at radius 1 is 1.32 bits per heavy atom. The van der Waals surface area contributed by atoms with Crippen molar-refractivity contribution in [2.75, 3.05) is 12.4 Å². The second-order valence-electron chi connectivity index (χ2n) is 4.42. The van der Waals surface area contributed by atoms with E-state index in [-0.39, 0.29) is 11.0 Å². The van der Waals surface area contributed by atoms with E-state index < -0.39 is 9.84 Å². The summed E-state index contributed by atoms with van der Waals surface area (Å²) in [6, 6.07) is 8.79. The van der Waals surface area contributed by atoms with Crippen LogP contribution in [0.2, 0.25) is 0 Å². The maximum absolute atomic E-state index is 11.8. The van der Waals surface area contributed by atoms with Gasteiger partial charge in [-0.05, 0) is 44.0 Å². The second kappa shape index (κ2) is 7.15. The summed E-state index contributed by atoms with van der Waals surface area (Å²) in [5.41, 5.74) is 0.576. The van der Waals surface area contributed by atoms with E-state index in [0.29, 0.717) is 30.8 Å². The smallest absolute Gasteiger partial charge is 0.153 e. The number of hydrogen-bond donors (Lipinski definition) is 0. The zero-order chi connectivity index (χ0) is 14.3. The molecule has 5 heteroatoms. The van der Waals surface area contributed by atoms with E-state index in [9.17, 15) is 8.42 Å². The maximum Gasteiger partial charge on any atom is 0.153 e. The minimum absolute atomic E-state index is 0.151. The van der Waals surface area contributed by atoms with Crippen LogP contribution in [0.25, 0.3) is 0 Å². The topological polar surface area (TPSA) is 67.2 Å². The Labute approximate surface area is 114 Å². The molecule has 0 radical (unpaired) electrons. The molecule has 0 fully saturated rings. The Hall–Kier alpha value is -1.54. The molecule has 0 spiro atoms. The van der Waals surface area contributed by atoms with Gasteiger partial charge in [-0.25, -0.2) is 8.42 Å². The lowest BCUT2D eigenvalue weighted by Gasteiger charge is -2.11. The van der Waals surface area contributed by atoms with E-state index >= 15 is 0 Å². The quantitative estimate of drug-likeness (QED) is 0.720. The lowest BCUT2D eigenvalue weighted by atomic mass is 10.2. The number of sulfone groups is 1. The summed E-state index contributed by atoms with van der Waals surface area (Å²) in [4.78, 5) is 0. The fourth-order valence-electron chi connectivity index (χ4n) is 1.53. The molecule has 0 saturated heterocycles. The molecule has 0 aliphatic heterocycles. The number of nitriles is 1. The van der Waals surface area contributed by atoms with Gasteiger partial charge in [-0.2, -0.15) is 5.26 Å². The Bertz CT molecular complexity index is 529. The molecule has 1 atom stereocenters. The van der Waals surface area contributed by atoms with Crippen LogP contribution in [-0.2, 0) is 9.84 Å². The van der Waals surface area contributed by atoms with Crippen LogP contribution in [0.15, 0.2) is 24.3 Å². The summed E-state index contributed by atoms with van der Waals surface area (Å²) in [5.74, 6) is 0.804. The van der Waals surface area contributed by atoms with Gasteiger partial charge in [0.25, 0.3) is 0 Å². The molecule has 104 valence electrons. The largest absolute Gasteiger partial charge is 0.494 e. The van der Waals surface area contributed by atoms with Gasteiger partial charge in [-0.1, -0.05) is 6.92 Å². The molecule has 0 aromatic heterocycles. The van der Waals surface area contributed by atoms with Crippen molar-refractivity contribution < 1.29 is 13.2 Å². The monoisotopic (exact) mass is 281 g/mol. The molecule has 0 N–H and O–H groups in total. The third-order valence-corrected chi connectivity index (χ3v) is 5.43. The number of hydrogen-bond acceptors (Lipinski definition) is 4. The van der Waals surface area contributed by atoms with Gasteiger partial charge in [0.1, 0.15) is 5.75 Å². The molecular formula is C14H19NO3S. The summed E-state index contributed by atoms with van der Waals surface area (Å²) >= 11 is 0. The van der Waals surface area contributed by atoms with Crippen molar-refractivity contribution in [1.82, 2.24) is 0 Å². The molecule has 0 aliphatic carbocycles. The predicted molar refractivity (Wildman–Crippen MR) is 74.8 cm³/mol. The number of nitrogens with zero attached hydrogens (tertiary/aromatic N) is 1. The van der Waals surface area contributed by atoms with Gasteiger partial charge in [0.15, 0.2) is 9.84 Å². The Morgan fingerprint density at radius 2 is 1.95 bits per heavy atom. The Morgan fingerprint density at radius 3 is 2.47 bits per heavy atom. The van der Waals surface area contributed by atoms with Crippen molar-refractivity contribution in [3.8, 4) is 11.8 Å². The first-order chi connectivity index (χ1) is 8.99. The molecule has 1 unspecified atom stereocenters.